The van der Waals surface area contributed by atoms with Crippen LogP contribution in [0.5, 0.6) is 0 Å². The topological polar surface area (TPSA) is 66.0 Å². The lowest BCUT2D eigenvalue weighted by atomic mass is 10.2. The summed E-state index contributed by atoms with van der Waals surface area (Å²) in [5.41, 5.74) is 9.25. The first kappa shape index (κ1) is 11.5. The Morgan fingerprint density at radius 1 is 1.44 bits per heavy atom. The molecule has 0 unspecified atom stereocenters. The Morgan fingerprint density at radius 2 is 2.28 bits per heavy atom. The molecule has 18 heavy (non-hydrogen) atoms. The number of ether oxygens (including phenoxy) is 1. The molecule has 1 atom stereocenters. The van der Waals surface area contributed by atoms with Gasteiger partial charge in [-0.2, -0.15) is 0 Å². The third-order valence-electron chi connectivity index (χ3n) is 3.85. The molecule has 0 aliphatic carbocycles. The molecule has 5 nitrogen and oxygen atoms in total. The van der Waals surface area contributed by atoms with Gasteiger partial charge in [-0.25, -0.2) is 9.97 Å². The van der Waals surface area contributed by atoms with Crippen LogP contribution in [0.15, 0.2) is 6.33 Å². The van der Waals surface area contributed by atoms with Crippen molar-refractivity contribution in [1.82, 2.24) is 14.5 Å². The van der Waals surface area contributed by atoms with Gasteiger partial charge in [0.1, 0.15) is 17.8 Å². The van der Waals surface area contributed by atoms with E-state index in [1.54, 1.807) is 0 Å². The molecule has 1 aliphatic heterocycles. The van der Waals surface area contributed by atoms with Crippen LogP contribution in [-0.4, -0.2) is 27.2 Å². The molecule has 1 aliphatic rings. The molecular formula is C13H18N4O. The summed E-state index contributed by atoms with van der Waals surface area (Å²) in [5.74, 6) is 0.562. The van der Waals surface area contributed by atoms with Crippen LogP contribution in [0.25, 0.3) is 11.0 Å². The quantitative estimate of drug-likeness (QED) is 0.877. The third kappa shape index (κ3) is 1.66. The summed E-state index contributed by atoms with van der Waals surface area (Å²) in [5, 5.41) is 0.980. The summed E-state index contributed by atoms with van der Waals surface area (Å²) in [6, 6.07) is 0. The van der Waals surface area contributed by atoms with Crippen LogP contribution in [0.3, 0.4) is 0 Å². The van der Waals surface area contributed by atoms with Gasteiger partial charge in [0.15, 0.2) is 0 Å². The second-order valence-corrected chi connectivity index (χ2v) is 4.91. The van der Waals surface area contributed by atoms with Crippen molar-refractivity contribution in [3.8, 4) is 0 Å². The lowest BCUT2D eigenvalue weighted by Crippen LogP contribution is -2.16. The summed E-state index contributed by atoms with van der Waals surface area (Å²) >= 11 is 0. The number of aromatic nitrogens is 3. The number of nitrogens with two attached hydrogens (primary N) is 1. The maximum Gasteiger partial charge on any atom is 0.146 e. The fourth-order valence-electron chi connectivity index (χ4n) is 2.71. The van der Waals surface area contributed by atoms with E-state index in [4.69, 9.17) is 10.5 Å². The van der Waals surface area contributed by atoms with Crippen molar-refractivity contribution in [2.24, 2.45) is 0 Å². The number of fused-ring (bicyclic) bond motifs is 1. The molecule has 0 aromatic carbocycles. The molecule has 0 spiro atoms. The predicted molar refractivity (Wildman–Crippen MR) is 70.4 cm³/mol. The standard InChI is InChI=1S/C13H18N4O/c1-8-9(2)17(6-10-4-3-5-18-10)13-11(8)12(14)15-7-16-13/h7,10H,3-6H2,1-2H3,(H2,14,15,16)/t10-/m0/s1. The highest BCUT2D eigenvalue weighted by Crippen LogP contribution is 2.28. The van der Waals surface area contributed by atoms with Crippen molar-refractivity contribution >= 4 is 16.9 Å². The van der Waals surface area contributed by atoms with Crippen molar-refractivity contribution < 1.29 is 4.74 Å². The molecule has 2 N–H and O–H groups in total. The Morgan fingerprint density at radius 3 is 3.00 bits per heavy atom. The Kier molecular flexibility index (Phi) is 2.70. The van der Waals surface area contributed by atoms with E-state index in [1.807, 2.05) is 0 Å². The van der Waals surface area contributed by atoms with E-state index in [2.05, 4.69) is 28.4 Å². The average Bonchev–Trinajstić information content (AvgIpc) is 2.94. The number of hydrogen-bond donors (Lipinski definition) is 1. The summed E-state index contributed by atoms with van der Waals surface area (Å²) in [6.07, 6.45) is 4.11. The Bertz CT molecular complexity index is 584. The van der Waals surface area contributed by atoms with Crippen LogP contribution in [0.2, 0.25) is 0 Å². The first-order chi connectivity index (χ1) is 8.68. The number of nitrogens with zero attached hydrogens (tertiary/aromatic N) is 3. The van der Waals surface area contributed by atoms with Crippen molar-refractivity contribution in [3.63, 3.8) is 0 Å². The summed E-state index contributed by atoms with van der Waals surface area (Å²) in [4.78, 5) is 8.46. The fraction of sp³-hybridized carbons (Fsp3) is 0.538. The zero-order chi connectivity index (χ0) is 12.7. The van der Waals surface area contributed by atoms with Gasteiger partial charge in [0.05, 0.1) is 18.0 Å². The van der Waals surface area contributed by atoms with E-state index in [9.17, 15) is 0 Å². The molecule has 1 fully saturated rings. The second kappa shape index (κ2) is 4.24. The highest BCUT2D eigenvalue weighted by molar-refractivity contribution is 5.90. The molecule has 5 heteroatoms. The molecule has 0 saturated carbocycles. The molecule has 0 bridgehead atoms. The molecule has 1 saturated heterocycles. The van der Waals surface area contributed by atoms with E-state index >= 15 is 0 Å². The number of nitrogen functional groups attached to an aromatic ring is 1. The van der Waals surface area contributed by atoms with Crippen LogP contribution in [0.4, 0.5) is 5.82 Å². The highest BCUT2D eigenvalue weighted by atomic mass is 16.5. The number of rotatable bonds is 2. The van der Waals surface area contributed by atoms with E-state index < -0.39 is 0 Å². The Balaban J connectivity index is 2.10. The molecule has 2 aromatic rings. The van der Waals surface area contributed by atoms with Gasteiger partial charge in [0.25, 0.3) is 0 Å². The van der Waals surface area contributed by atoms with Crippen molar-refractivity contribution in [1.29, 1.82) is 0 Å². The SMILES string of the molecule is Cc1c(C)n(C[C@@H]2CCCO2)c2ncnc(N)c12. The minimum absolute atomic E-state index is 0.301. The smallest absolute Gasteiger partial charge is 0.146 e. The Hall–Kier alpha value is -1.62. The molecule has 0 amide bonds. The third-order valence-corrected chi connectivity index (χ3v) is 3.85. The number of hydrogen-bond acceptors (Lipinski definition) is 4. The second-order valence-electron chi connectivity index (χ2n) is 4.91. The highest BCUT2D eigenvalue weighted by Gasteiger charge is 2.21. The lowest BCUT2D eigenvalue weighted by Gasteiger charge is -2.13. The maximum absolute atomic E-state index is 5.95. The van der Waals surface area contributed by atoms with Crippen LogP contribution >= 0.6 is 0 Å². The number of anilines is 1. The van der Waals surface area contributed by atoms with Crippen molar-refractivity contribution in [2.75, 3.05) is 12.3 Å². The lowest BCUT2D eigenvalue weighted by molar-refractivity contribution is 0.0974. The molecule has 3 rings (SSSR count). The monoisotopic (exact) mass is 246 g/mol. The van der Waals surface area contributed by atoms with Crippen molar-refractivity contribution in [2.45, 2.75) is 39.3 Å². The van der Waals surface area contributed by atoms with Crippen LogP contribution in [0, 0.1) is 13.8 Å². The van der Waals surface area contributed by atoms with E-state index in [0.717, 1.165) is 37.0 Å². The molecule has 96 valence electrons. The molecule has 2 aromatic heterocycles. The summed E-state index contributed by atoms with van der Waals surface area (Å²) in [7, 11) is 0. The van der Waals surface area contributed by atoms with E-state index in [0.29, 0.717) is 11.9 Å². The normalized spacial score (nSPS) is 19.8. The van der Waals surface area contributed by atoms with Crippen LogP contribution in [-0.2, 0) is 11.3 Å². The fourth-order valence-corrected chi connectivity index (χ4v) is 2.71. The summed E-state index contributed by atoms with van der Waals surface area (Å²) < 4.78 is 7.91. The largest absolute Gasteiger partial charge is 0.383 e. The van der Waals surface area contributed by atoms with Gasteiger partial charge in [-0.15, -0.1) is 0 Å². The minimum atomic E-state index is 0.301. The molecule has 0 radical (unpaired) electrons. The van der Waals surface area contributed by atoms with Gasteiger partial charge in [0.2, 0.25) is 0 Å². The van der Waals surface area contributed by atoms with E-state index in [1.165, 1.54) is 17.6 Å². The van der Waals surface area contributed by atoms with E-state index in [-0.39, 0.29) is 0 Å². The minimum Gasteiger partial charge on any atom is -0.383 e. The van der Waals surface area contributed by atoms with Gasteiger partial charge >= 0.3 is 0 Å². The first-order valence-electron chi connectivity index (χ1n) is 6.36. The van der Waals surface area contributed by atoms with Crippen molar-refractivity contribution in [3.05, 3.63) is 17.6 Å². The molecule has 3 heterocycles. The van der Waals surface area contributed by atoms with Gasteiger partial charge in [0, 0.05) is 12.3 Å². The number of aryl methyl sites for hydroxylation is 1. The summed E-state index contributed by atoms with van der Waals surface area (Å²) in [6.45, 7) is 5.90. The van der Waals surface area contributed by atoms with Gasteiger partial charge in [-0.1, -0.05) is 0 Å². The average molecular weight is 246 g/mol. The zero-order valence-electron chi connectivity index (χ0n) is 10.8. The predicted octanol–water partition coefficient (Wildman–Crippen LogP) is 1.81. The van der Waals surface area contributed by atoms with Gasteiger partial charge < -0.3 is 15.0 Å². The maximum atomic E-state index is 5.95. The zero-order valence-corrected chi connectivity index (χ0v) is 10.8. The van der Waals surface area contributed by atoms with Crippen LogP contribution in [0.1, 0.15) is 24.1 Å². The van der Waals surface area contributed by atoms with Gasteiger partial charge in [-0.05, 0) is 32.3 Å². The first-order valence-corrected chi connectivity index (χ1v) is 6.36. The van der Waals surface area contributed by atoms with Crippen LogP contribution < -0.4 is 5.73 Å². The molecular weight excluding hydrogens is 228 g/mol. The Labute approximate surface area is 106 Å². The van der Waals surface area contributed by atoms with Gasteiger partial charge in [-0.3, -0.25) is 0 Å².